The largest absolute Gasteiger partial charge is 0.463 e. The fourth-order valence-corrected chi connectivity index (χ4v) is 5.00. The van der Waals surface area contributed by atoms with Gasteiger partial charge in [-0.2, -0.15) is 0 Å². The van der Waals surface area contributed by atoms with Gasteiger partial charge in [0, 0.05) is 33.0 Å². The maximum atomic E-state index is 13.0. The molecule has 1 aromatic heterocycles. The highest BCUT2D eigenvalue weighted by molar-refractivity contribution is 5.77. The Hall–Kier alpha value is -4.13. The molecule has 230 valence electrons. The third kappa shape index (κ3) is 11.2. The Morgan fingerprint density at radius 1 is 0.860 bits per heavy atom. The highest BCUT2D eigenvalue weighted by Crippen LogP contribution is 2.24. The number of hydrogen-bond acceptors (Lipinski definition) is 5. The third-order valence-corrected chi connectivity index (χ3v) is 7.56. The zero-order valence-electron chi connectivity index (χ0n) is 26.5. The van der Waals surface area contributed by atoms with Crippen molar-refractivity contribution in [2.24, 2.45) is 7.05 Å². The van der Waals surface area contributed by atoms with Gasteiger partial charge in [0.25, 0.3) is 0 Å². The molecule has 3 aromatic rings. The highest BCUT2D eigenvalue weighted by Gasteiger charge is 2.27. The van der Waals surface area contributed by atoms with E-state index in [9.17, 15) is 14.4 Å². The molecule has 1 heterocycles. The molecule has 2 aromatic carbocycles. The number of nitrogens with zero attached hydrogens (tertiary/aromatic N) is 1. The van der Waals surface area contributed by atoms with E-state index in [0.29, 0.717) is 31.4 Å². The maximum absolute atomic E-state index is 13.0. The number of aromatic nitrogens is 1. The summed E-state index contributed by atoms with van der Waals surface area (Å²) in [6.07, 6.45) is 6.58. The van der Waals surface area contributed by atoms with Gasteiger partial charge in [0.05, 0.1) is 11.2 Å². The average molecular weight is 587 g/mol. The van der Waals surface area contributed by atoms with E-state index in [1.165, 1.54) is 36.1 Å². The summed E-state index contributed by atoms with van der Waals surface area (Å²) in [6, 6.07) is 20.8. The van der Waals surface area contributed by atoms with Crippen molar-refractivity contribution in [3.05, 3.63) is 100 Å². The molecule has 1 N–H and O–H groups in total. The van der Waals surface area contributed by atoms with Gasteiger partial charge in [-0.1, -0.05) is 59.7 Å². The van der Waals surface area contributed by atoms with Crippen LogP contribution in [0, 0.1) is 13.8 Å². The van der Waals surface area contributed by atoms with Crippen LogP contribution in [-0.4, -0.2) is 34.6 Å². The molecule has 0 aliphatic heterocycles. The minimum Gasteiger partial charge on any atom is -0.463 e. The molecule has 0 saturated carbocycles. The van der Waals surface area contributed by atoms with Crippen LogP contribution in [0.4, 0.5) is 0 Å². The van der Waals surface area contributed by atoms with Gasteiger partial charge in [0.2, 0.25) is 5.91 Å². The lowest BCUT2D eigenvalue weighted by atomic mass is 9.95. The van der Waals surface area contributed by atoms with Crippen LogP contribution < -0.4 is 5.32 Å². The smallest absolute Gasteiger partial charge is 0.311 e. The molecule has 0 fully saturated rings. The van der Waals surface area contributed by atoms with Crippen molar-refractivity contribution in [1.82, 2.24) is 9.88 Å². The first-order chi connectivity index (χ1) is 20.4. The molecule has 7 heteroatoms. The van der Waals surface area contributed by atoms with Gasteiger partial charge in [-0.15, -0.1) is 0 Å². The van der Waals surface area contributed by atoms with Gasteiger partial charge in [-0.25, -0.2) is 0 Å². The minimum absolute atomic E-state index is 0.0869. The van der Waals surface area contributed by atoms with Crippen LogP contribution in [0.2, 0.25) is 0 Å². The SMILES string of the molecule is CC(=O)N[C@](C)(CCc1ccc(C(=CCCc2ccc(C)cc2)OC(=O)CCCc2ccc(C)cc2)n1C)COC(C)=O. The fraction of sp³-hybridized carbons (Fsp3) is 0.417. The van der Waals surface area contributed by atoms with E-state index < -0.39 is 5.54 Å². The topological polar surface area (TPSA) is 86.6 Å². The predicted octanol–water partition coefficient (Wildman–Crippen LogP) is 6.57. The Morgan fingerprint density at radius 2 is 1.47 bits per heavy atom. The van der Waals surface area contributed by atoms with Crippen molar-refractivity contribution in [2.45, 2.75) is 85.1 Å². The molecule has 0 bridgehead atoms. The molecule has 7 nitrogen and oxygen atoms in total. The molecule has 0 aliphatic rings. The second-order valence-corrected chi connectivity index (χ2v) is 11.7. The first-order valence-electron chi connectivity index (χ1n) is 15.0. The first kappa shape index (κ1) is 33.4. The van der Waals surface area contributed by atoms with Crippen molar-refractivity contribution in [1.29, 1.82) is 0 Å². The first-order valence-corrected chi connectivity index (χ1v) is 15.0. The maximum Gasteiger partial charge on any atom is 0.311 e. The third-order valence-electron chi connectivity index (χ3n) is 7.56. The summed E-state index contributed by atoms with van der Waals surface area (Å²) in [6.45, 7) is 8.90. The summed E-state index contributed by atoms with van der Waals surface area (Å²) in [7, 11) is 1.95. The minimum atomic E-state index is -0.710. The number of aryl methyl sites for hydroxylation is 5. The summed E-state index contributed by atoms with van der Waals surface area (Å²) >= 11 is 0. The zero-order chi connectivity index (χ0) is 31.4. The summed E-state index contributed by atoms with van der Waals surface area (Å²) in [5.41, 5.74) is 5.98. The molecule has 1 atom stereocenters. The molecular weight excluding hydrogens is 540 g/mol. The van der Waals surface area contributed by atoms with Gasteiger partial charge in [0.1, 0.15) is 6.61 Å². The Labute approximate surface area is 256 Å². The number of hydrogen-bond donors (Lipinski definition) is 1. The summed E-state index contributed by atoms with van der Waals surface area (Å²) < 4.78 is 13.3. The van der Waals surface area contributed by atoms with Crippen LogP contribution in [0.25, 0.3) is 5.76 Å². The molecular formula is C36H46N2O5. The number of allylic oxidation sites excluding steroid dienone is 1. The Kier molecular flexibility index (Phi) is 12.4. The second kappa shape index (κ2) is 15.9. The lowest BCUT2D eigenvalue weighted by molar-refractivity contribution is -0.144. The molecule has 3 rings (SSSR count). The number of carbonyl (C=O) groups is 3. The number of benzene rings is 2. The van der Waals surface area contributed by atoms with E-state index in [1.807, 2.05) is 36.7 Å². The zero-order valence-corrected chi connectivity index (χ0v) is 26.5. The molecule has 0 radical (unpaired) electrons. The lowest BCUT2D eigenvalue weighted by Crippen LogP contribution is -2.49. The summed E-state index contributed by atoms with van der Waals surface area (Å²) in [5.74, 6) is -0.282. The average Bonchev–Trinajstić information content (AvgIpc) is 3.32. The number of nitrogens with one attached hydrogen (secondary N) is 1. The summed E-state index contributed by atoms with van der Waals surface area (Å²) in [5, 5.41) is 2.93. The Morgan fingerprint density at radius 3 is 2.05 bits per heavy atom. The number of esters is 2. The standard InChI is InChI=1S/C36H46N2O5/c1-26-13-17-30(18-14-26)9-7-11-34(43-35(41)12-8-10-31-19-15-27(2)16-20-31)33-22-21-32(38(33)6)23-24-36(5,37-28(3)39)25-42-29(4)40/h11,13-22H,7-10,12,23-25H2,1-6H3,(H,37,39)/t36-/m1/s1. The van der Waals surface area contributed by atoms with Gasteiger partial charge in [-0.3, -0.25) is 14.4 Å². The van der Waals surface area contributed by atoms with E-state index in [-0.39, 0.29) is 24.5 Å². The number of ether oxygens (including phenoxy) is 2. The van der Waals surface area contributed by atoms with Crippen LogP contribution in [0.15, 0.2) is 66.7 Å². The fourth-order valence-electron chi connectivity index (χ4n) is 5.00. The van der Waals surface area contributed by atoms with E-state index in [1.54, 1.807) is 0 Å². The Bertz CT molecular complexity index is 1400. The molecule has 0 aliphatic carbocycles. The molecule has 1 amide bonds. The van der Waals surface area contributed by atoms with E-state index >= 15 is 0 Å². The van der Waals surface area contributed by atoms with Crippen molar-refractivity contribution in [3.63, 3.8) is 0 Å². The van der Waals surface area contributed by atoms with E-state index in [2.05, 4.69) is 67.7 Å². The van der Waals surface area contributed by atoms with E-state index in [4.69, 9.17) is 9.47 Å². The van der Waals surface area contributed by atoms with Crippen LogP contribution in [0.5, 0.6) is 0 Å². The number of rotatable bonds is 15. The molecule has 0 unspecified atom stereocenters. The van der Waals surface area contributed by atoms with Crippen molar-refractivity contribution in [3.8, 4) is 0 Å². The highest BCUT2D eigenvalue weighted by atomic mass is 16.5. The molecule has 0 spiro atoms. The van der Waals surface area contributed by atoms with Gasteiger partial charge < -0.3 is 19.4 Å². The van der Waals surface area contributed by atoms with Crippen LogP contribution in [0.1, 0.15) is 80.1 Å². The molecule has 0 saturated heterocycles. The van der Waals surface area contributed by atoms with Crippen molar-refractivity contribution in [2.75, 3.05) is 6.61 Å². The quantitative estimate of drug-likeness (QED) is 0.161. The van der Waals surface area contributed by atoms with E-state index in [0.717, 1.165) is 30.7 Å². The second-order valence-electron chi connectivity index (χ2n) is 11.7. The number of carbonyl (C=O) groups excluding carboxylic acids is 3. The van der Waals surface area contributed by atoms with Crippen LogP contribution >= 0.6 is 0 Å². The lowest BCUT2D eigenvalue weighted by Gasteiger charge is -2.30. The predicted molar refractivity (Wildman–Crippen MR) is 170 cm³/mol. The Balaban J connectivity index is 1.73. The normalized spacial score (nSPS) is 12.8. The van der Waals surface area contributed by atoms with Crippen LogP contribution in [-0.2, 0) is 50.2 Å². The van der Waals surface area contributed by atoms with Crippen molar-refractivity contribution < 1.29 is 23.9 Å². The van der Waals surface area contributed by atoms with Gasteiger partial charge in [-0.05, 0) is 88.6 Å². The monoisotopic (exact) mass is 586 g/mol. The summed E-state index contributed by atoms with van der Waals surface area (Å²) in [4.78, 5) is 36.3. The van der Waals surface area contributed by atoms with Gasteiger partial charge >= 0.3 is 11.9 Å². The van der Waals surface area contributed by atoms with Gasteiger partial charge in [0.15, 0.2) is 5.76 Å². The van der Waals surface area contributed by atoms with Crippen LogP contribution in [0.3, 0.4) is 0 Å². The number of amides is 1. The van der Waals surface area contributed by atoms with Crippen molar-refractivity contribution >= 4 is 23.6 Å². The molecule has 43 heavy (non-hydrogen) atoms.